The van der Waals surface area contributed by atoms with Crippen molar-refractivity contribution in [1.82, 2.24) is 14.9 Å². The van der Waals surface area contributed by atoms with E-state index in [9.17, 15) is 9.59 Å². The molecule has 2 aromatic heterocycles. The van der Waals surface area contributed by atoms with Crippen molar-refractivity contribution in [3.63, 3.8) is 0 Å². The molecule has 2 N–H and O–H groups in total. The number of aryl methyl sites for hydroxylation is 1. The third-order valence-electron chi connectivity index (χ3n) is 6.91. The molecule has 0 aliphatic carbocycles. The number of Topliss-reactive ketones (excluding diaryl/α,β-unsaturated/α-hetero) is 1. The number of H-pyrrole nitrogens is 1. The van der Waals surface area contributed by atoms with Gasteiger partial charge in [-0.1, -0.05) is 18.2 Å². The van der Waals surface area contributed by atoms with Crippen LogP contribution in [-0.4, -0.2) is 35.5 Å². The predicted octanol–water partition coefficient (Wildman–Crippen LogP) is 4.33. The Morgan fingerprint density at radius 2 is 2.06 bits per heavy atom. The van der Waals surface area contributed by atoms with E-state index in [0.29, 0.717) is 29.7 Å². The first kappa shape index (κ1) is 22.3. The van der Waals surface area contributed by atoms with Crippen LogP contribution >= 0.6 is 0 Å². The second kappa shape index (κ2) is 9.33. The Kier molecular flexibility index (Phi) is 6.51. The molecule has 32 heavy (non-hydrogen) atoms. The van der Waals surface area contributed by atoms with Gasteiger partial charge in [-0.3, -0.25) is 9.59 Å². The summed E-state index contributed by atoms with van der Waals surface area (Å²) in [5.41, 5.74) is 3.98. The normalized spacial score (nSPS) is 17.4. The molecule has 2 atom stereocenters. The van der Waals surface area contributed by atoms with Gasteiger partial charge >= 0.3 is 0 Å². The zero-order chi connectivity index (χ0) is 22.8. The van der Waals surface area contributed by atoms with Gasteiger partial charge in [0.1, 0.15) is 5.75 Å². The molecule has 1 aliphatic rings. The summed E-state index contributed by atoms with van der Waals surface area (Å²) in [7, 11) is 1.55. The number of fused-ring (bicyclic) bond motifs is 1. The van der Waals surface area contributed by atoms with E-state index >= 15 is 0 Å². The third kappa shape index (κ3) is 4.11. The van der Waals surface area contributed by atoms with Gasteiger partial charge in [-0.05, 0) is 71.2 Å². The summed E-state index contributed by atoms with van der Waals surface area (Å²) in [6.45, 7) is 8.23. The Labute approximate surface area is 189 Å². The van der Waals surface area contributed by atoms with Crippen molar-refractivity contribution < 1.29 is 9.53 Å². The number of hydrogen-bond acceptors (Lipinski definition) is 4. The molecular formula is C26H33N3O3. The lowest BCUT2D eigenvalue weighted by atomic mass is 9.92. The highest BCUT2D eigenvalue weighted by atomic mass is 16.5. The standard InChI is InChI=1S/C26H33N3O3/c1-16-14-24(32-4)21(26(31)28-16)11-12-23(30)25-18(3)29(22-10-6-5-9-20(22)25)17(2)19-8-7-13-27-15-19/h5-6,9-10,14,17,19,27H,7-8,11-13,15H2,1-4H3,(H,28,31). The Morgan fingerprint density at radius 1 is 1.28 bits per heavy atom. The smallest absolute Gasteiger partial charge is 0.255 e. The number of methoxy groups -OCH3 is 1. The van der Waals surface area contributed by atoms with Crippen molar-refractivity contribution in [2.75, 3.05) is 20.2 Å². The van der Waals surface area contributed by atoms with E-state index in [1.54, 1.807) is 13.2 Å². The number of piperidine rings is 1. The van der Waals surface area contributed by atoms with Gasteiger partial charge in [-0.15, -0.1) is 0 Å². The van der Waals surface area contributed by atoms with E-state index in [2.05, 4.69) is 34.8 Å². The van der Waals surface area contributed by atoms with Gasteiger partial charge in [-0.2, -0.15) is 0 Å². The second-order valence-corrected chi connectivity index (χ2v) is 8.95. The van der Waals surface area contributed by atoms with Gasteiger partial charge < -0.3 is 19.6 Å². The molecule has 2 unspecified atom stereocenters. The number of ketones is 1. The van der Waals surface area contributed by atoms with Crippen LogP contribution in [0.3, 0.4) is 0 Å². The van der Waals surface area contributed by atoms with Crippen molar-refractivity contribution in [2.45, 2.75) is 52.5 Å². The fourth-order valence-electron chi connectivity index (χ4n) is 5.24. The number of nitrogens with one attached hydrogen (secondary N) is 2. The molecule has 1 aromatic carbocycles. The van der Waals surface area contributed by atoms with Crippen LogP contribution in [0.25, 0.3) is 10.9 Å². The summed E-state index contributed by atoms with van der Waals surface area (Å²) in [6.07, 6.45) is 2.99. The summed E-state index contributed by atoms with van der Waals surface area (Å²) < 4.78 is 7.75. The summed E-state index contributed by atoms with van der Waals surface area (Å²) in [5.74, 6) is 1.14. The molecule has 0 spiro atoms. The van der Waals surface area contributed by atoms with Crippen LogP contribution in [0.5, 0.6) is 5.75 Å². The molecule has 0 bridgehead atoms. The van der Waals surface area contributed by atoms with Gasteiger partial charge in [0.05, 0.1) is 12.7 Å². The monoisotopic (exact) mass is 435 g/mol. The maximum Gasteiger partial charge on any atom is 0.255 e. The first-order chi connectivity index (χ1) is 15.4. The number of benzene rings is 1. The molecule has 1 fully saturated rings. The van der Waals surface area contributed by atoms with Gasteiger partial charge in [0.15, 0.2) is 5.78 Å². The molecule has 4 rings (SSSR count). The minimum absolute atomic E-state index is 0.0634. The lowest BCUT2D eigenvalue weighted by Gasteiger charge is -2.31. The van der Waals surface area contributed by atoms with Crippen LogP contribution < -0.4 is 15.6 Å². The molecule has 170 valence electrons. The highest BCUT2D eigenvalue weighted by Gasteiger charge is 2.27. The molecule has 3 aromatic rings. The molecule has 3 heterocycles. The van der Waals surface area contributed by atoms with Crippen LogP contribution in [0.4, 0.5) is 0 Å². The fourth-order valence-corrected chi connectivity index (χ4v) is 5.24. The molecule has 6 nitrogen and oxygen atoms in total. The predicted molar refractivity (Wildman–Crippen MR) is 128 cm³/mol. The van der Waals surface area contributed by atoms with E-state index in [1.165, 1.54) is 12.8 Å². The molecule has 0 saturated carbocycles. The highest BCUT2D eigenvalue weighted by Crippen LogP contribution is 2.34. The largest absolute Gasteiger partial charge is 0.496 e. The summed E-state index contributed by atoms with van der Waals surface area (Å²) in [5, 5.41) is 4.51. The lowest BCUT2D eigenvalue weighted by molar-refractivity contribution is 0.0983. The van der Waals surface area contributed by atoms with Crippen molar-refractivity contribution in [2.24, 2.45) is 5.92 Å². The third-order valence-corrected chi connectivity index (χ3v) is 6.91. The van der Waals surface area contributed by atoms with E-state index in [4.69, 9.17) is 4.74 Å². The van der Waals surface area contributed by atoms with Gasteiger partial charge in [0.25, 0.3) is 5.56 Å². The number of rotatable bonds is 7. The number of para-hydroxylation sites is 1. The number of pyridine rings is 1. The highest BCUT2D eigenvalue weighted by molar-refractivity contribution is 6.09. The molecule has 0 amide bonds. The summed E-state index contributed by atoms with van der Waals surface area (Å²) in [4.78, 5) is 28.7. The Bertz CT molecular complexity index is 1180. The lowest BCUT2D eigenvalue weighted by Crippen LogP contribution is -2.34. The van der Waals surface area contributed by atoms with E-state index in [-0.39, 0.29) is 17.8 Å². The molecule has 1 aliphatic heterocycles. The quantitative estimate of drug-likeness (QED) is 0.542. The number of ether oxygens (including phenoxy) is 1. The van der Waals surface area contributed by atoms with Crippen molar-refractivity contribution in [1.29, 1.82) is 0 Å². The van der Waals surface area contributed by atoms with Crippen LogP contribution in [0.1, 0.15) is 59.5 Å². The van der Waals surface area contributed by atoms with Crippen LogP contribution in [-0.2, 0) is 6.42 Å². The number of aromatic amines is 1. The topological polar surface area (TPSA) is 76.1 Å². The molecular weight excluding hydrogens is 402 g/mol. The maximum absolute atomic E-state index is 13.5. The molecule has 0 radical (unpaired) electrons. The van der Waals surface area contributed by atoms with Crippen LogP contribution in [0.2, 0.25) is 0 Å². The molecule has 1 saturated heterocycles. The zero-order valence-corrected chi connectivity index (χ0v) is 19.5. The molecule has 6 heteroatoms. The van der Waals surface area contributed by atoms with Crippen molar-refractivity contribution in [3.8, 4) is 5.75 Å². The number of aromatic nitrogens is 2. The van der Waals surface area contributed by atoms with Crippen molar-refractivity contribution in [3.05, 3.63) is 63.2 Å². The van der Waals surface area contributed by atoms with Gasteiger partial charge in [0.2, 0.25) is 0 Å². The van der Waals surface area contributed by atoms with Crippen LogP contribution in [0, 0.1) is 19.8 Å². The summed E-state index contributed by atoms with van der Waals surface area (Å²) in [6, 6.07) is 10.3. The Balaban J connectivity index is 1.67. The van der Waals surface area contributed by atoms with Crippen LogP contribution in [0.15, 0.2) is 35.1 Å². The average molecular weight is 436 g/mol. The maximum atomic E-state index is 13.5. The first-order valence-electron chi connectivity index (χ1n) is 11.5. The summed E-state index contributed by atoms with van der Waals surface area (Å²) >= 11 is 0. The van der Waals surface area contributed by atoms with E-state index in [1.807, 2.05) is 25.1 Å². The van der Waals surface area contributed by atoms with Gasteiger partial charge in [-0.25, -0.2) is 0 Å². The average Bonchev–Trinajstić information content (AvgIpc) is 3.09. The number of carbonyl (C=O) groups excluding carboxylic acids is 1. The van der Waals surface area contributed by atoms with E-state index in [0.717, 1.165) is 40.9 Å². The van der Waals surface area contributed by atoms with Gasteiger partial charge in [0, 0.05) is 40.3 Å². The van der Waals surface area contributed by atoms with E-state index < -0.39 is 0 Å². The number of hydrogen-bond donors (Lipinski definition) is 2. The minimum Gasteiger partial charge on any atom is -0.496 e. The second-order valence-electron chi connectivity index (χ2n) is 8.95. The Hall–Kier alpha value is -2.86. The minimum atomic E-state index is -0.188. The SMILES string of the molecule is COc1cc(C)[nH]c(=O)c1CCC(=O)c1c(C)n(C(C)C2CCCNC2)c2ccccc12. The Morgan fingerprint density at radius 3 is 2.78 bits per heavy atom. The zero-order valence-electron chi connectivity index (χ0n) is 19.5. The number of carbonyl (C=O) groups is 1. The first-order valence-corrected chi connectivity index (χ1v) is 11.5. The number of nitrogens with zero attached hydrogens (tertiary/aromatic N) is 1. The van der Waals surface area contributed by atoms with Crippen molar-refractivity contribution >= 4 is 16.7 Å². The fraction of sp³-hybridized carbons (Fsp3) is 0.462.